The molecule has 3 amide bonds. The Balaban J connectivity index is 2.69. The molecule has 0 bridgehead atoms. The van der Waals surface area contributed by atoms with Crippen molar-refractivity contribution in [3.63, 3.8) is 0 Å². The van der Waals surface area contributed by atoms with Crippen LogP contribution < -0.4 is 10.6 Å². The van der Waals surface area contributed by atoms with E-state index in [0.717, 1.165) is 5.39 Å². The van der Waals surface area contributed by atoms with Gasteiger partial charge in [0, 0.05) is 5.39 Å². The average molecular weight is 230 g/mol. The summed E-state index contributed by atoms with van der Waals surface area (Å²) in [5.74, 6) is 0. The number of primary amides is 1. The topological polar surface area (TPSA) is 83.6 Å². The van der Waals surface area contributed by atoms with Crippen molar-refractivity contribution >= 4 is 28.6 Å². The molecule has 0 spiro atoms. The first-order valence-electron chi connectivity index (χ1n) is 4.91. The summed E-state index contributed by atoms with van der Waals surface area (Å²) in [4.78, 5) is 22.7. The number of rotatable bonds is 1. The fourth-order valence-corrected chi connectivity index (χ4v) is 1.72. The standard InChI is InChI=1S/C12H10N2O3/c13-11(15)14(12(16)17)10-7-3-5-8-4-1-2-6-9(8)10/h1-7H,(H2,13,15)(H,16,17). The number of imide groups is 1. The molecule has 0 aliphatic carbocycles. The van der Waals surface area contributed by atoms with E-state index in [0.29, 0.717) is 10.3 Å². The fraction of sp³-hybridized carbons (Fsp3) is 0. The van der Waals surface area contributed by atoms with Crippen LogP contribution in [0.3, 0.4) is 0 Å². The molecule has 0 unspecified atom stereocenters. The van der Waals surface area contributed by atoms with Crippen LogP contribution in [0.5, 0.6) is 0 Å². The van der Waals surface area contributed by atoms with Crippen LogP contribution in [-0.2, 0) is 0 Å². The number of hydrogen-bond donors (Lipinski definition) is 2. The van der Waals surface area contributed by atoms with Crippen LogP contribution in [0.15, 0.2) is 42.5 Å². The Morgan fingerprint density at radius 3 is 2.35 bits per heavy atom. The predicted molar refractivity (Wildman–Crippen MR) is 64.0 cm³/mol. The van der Waals surface area contributed by atoms with Crippen LogP contribution in [0.1, 0.15) is 0 Å². The first-order chi connectivity index (χ1) is 8.11. The van der Waals surface area contributed by atoms with Crippen LogP contribution in [0.25, 0.3) is 10.8 Å². The van der Waals surface area contributed by atoms with Gasteiger partial charge in [0.05, 0.1) is 5.69 Å². The Hall–Kier alpha value is -2.56. The number of nitrogens with zero attached hydrogens (tertiary/aromatic N) is 1. The van der Waals surface area contributed by atoms with Gasteiger partial charge in [0.2, 0.25) is 0 Å². The van der Waals surface area contributed by atoms with Crippen molar-refractivity contribution in [3.8, 4) is 0 Å². The van der Waals surface area contributed by atoms with E-state index in [-0.39, 0.29) is 5.69 Å². The Bertz CT molecular complexity index is 576. The van der Waals surface area contributed by atoms with Crippen LogP contribution in [0.2, 0.25) is 0 Å². The molecular formula is C12H10N2O3. The zero-order valence-corrected chi connectivity index (χ0v) is 8.83. The number of carbonyl (C=O) groups excluding carboxylic acids is 1. The van der Waals surface area contributed by atoms with Crippen molar-refractivity contribution in [2.24, 2.45) is 5.73 Å². The quantitative estimate of drug-likeness (QED) is 0.788. The maximum Gasteiger partial charge on any atom is 0.420 e. The summed E-state index contributed by atoms with van der Waals surface area (Å²) in [6.45, 7) is 0. The van der Waals surface area contributed by atoms with Gasteiger partial charge < -0.3 is 10.8 Å². The predicted octanol–water partition coefficient (Wildman–Crippen LogP) is 2.40. The van der Waals surface area contributed by atoms with E-state index < -0.39 is 12.1 Å². The highest BCUT2D eigenvalue weighted by Gasteiger charge is 2.21. The Morgan fingerprint density at radius 2 is 1.71 bits per heavy atom. The second-order valence-corrected chi connectivity index (χ2v) is 3.45. The Labute approximate surface area is 97.1 Å². The molecule has 0 aliphatic rings. The summed E-state index contributed by atoms with van der Waals surface area (Å²) in [5.41, 5.74) is 5.33. The SMILES string of the molecule is NC(=O)N(C(=O)O)c1cccc2ccccc12. The number of amides is 3. The average Bonchev–Trinajstić information content (AvgIpc) is 2.28. The number of carboxylic acid groups (broad SMARTS) is 1. The summed E-state index contributed by atoms with van der Waals surface area (Å²) >= 11 is 0. The zero-order valence-electron chi connectivity index (χ0n) is 8.83. The number of carbonyl (C=O) groups is 2. The largest absolute Gasteiger partial charge is 0.464 e. The molecule has 0 saturated carbocycles. The maximum atomic E-state index is 11.2. The van der Waals surface area contributed by atoms with E-state index >= 15 is 0 Å². The number of hydrogen-bond acceptors (Lipinski definition) is 2. The minimum atomic E-state index is -1.39. The molecule has 5 nitrogen and oxygen atoms in total. The molecule has 0 heterocycles. The van der Waals surface area contributed by atoms with E-state index in [1.54, 1.807) is 24.3 Å². The number of fused-ring (bicyclic) bond motifs is 1. The summed E-state index contributed by atoms with van der Waals surface area (Å²) in [7, 11) is 0. The van der Waals surface area contributed by atoms with E-state index in [1.807, 2.05) is 18.2 Å². The molecule has 3 N–H and O–H groups in total. The third-order valence-corrected chi connectivity index (χ3v) is 2.42. The van der Waals surface area contributed by atoms with Gasteiger partial charge in [-0.25, -0.2) is 9.59 Å². The van der Waals surface area contributed by atoms with E-state index in [9.17, 15) is 9.59 Å². The van der Waals surface area contributed by atoms with Gasteiger partial charge in [0.1, 0.15) is 0 Å². The lowest BCUT2D eigenvalue weighted by atomic mass is 10.1. The third kappa shape index (κ3) is 1.90. The number of benzene rings is 2. The van der Waals surface area contributed by atoms with Gasteiger partial charge in [-0.05, 0) is 11.5 Å². The van der Waals surface area contributed by atoms with Gasteiger partial charge in [-0.15, -0.1) is 0 Å². The summed E-state index contributed by atoms with van der Waals surface area (Å²) < 4.78 is 0. The van der Waals surface area contributed by atoms with Crippen molar-refractivity contribution in [1.82, 2.24) is 0 Å². The highest BCUT2D eigenvalue weighted by atomic mass is 16.4. The van der Waals surface area contributed by atoms with Crippen molar-refractivity contribution in [2.45, 2.75) is 0 Å². The van der Waals surface area contributed by atoms with Gasteiger partial charge >= 0.3 is 12.1 Å². The van der Waals surface area contributed by atoms with Crippen molar-refractivity contribution in [2.75, 3.05) is 4.90 Å². The van der Waals surface area contributed by atoms with Crippen molar-refractivity contribution in [3.05, 3.63) is 42.5 Å². The second kappa shape index (κ2) is 4.13. The molecule has 2 aromatic carbocycles. The van der Waals surface area contributed by atoms with Crippen LogP contribution in [-0.4, -0.2) is 17.2 Å². The normalized spacial score (nSPS) is 10.1. The van der Waals surface area contributed by atoms with Gasteiger partial charge in [0.25, 0.3) is 0 Å². The van der Waals surface area contributed by atoms with Crippen LogP contribution in [0.4, 0.5) is 15.3 Å². The summed E-state index contributed by atoms with van der Waals surface area (Å²) in [6, 6.07) is 11.2. The molecule has 0 aliphatic heterocycles. The molecule has 0 radical (unpaired) electrons. The molecule has 17 heavy (non-hydrogen) atoms. The minimum absolute atomic E-state index is 0.267. The first-order valence-corrected chi connectivity index (χ1v) is 4.91. The van der Waals surface area contributed by atoms with Gasteiger partial charge in [0.15, 0.2) is 0 Å². The lowest BCUT2D eigenvalue weighted by Gasteiger charge is -2.16. The third-order valence-electron chi connectivity index (χ3n) is 2.42. The first kappa shape index (κ1) is 10.9. The van der Waals surface area contributed by atoms with Gasteiger partial charge in [-0.1, -0.05) is 36.4 Å². The molecule has 0 fully saturated rings. The molecule has 0 aromatic heterocycles. The zero-order chi connectivity index (χ0) is 12.4. The highest BCUT2D eigenvalue weighted by Crippen LogP contribution is 2.26. The molecule has 0 saturated heterocycles. The van der Waals surface area contributed by atoms with Crippen molar-refractivity contribution in [1.29, 1.82) is 0 Å². The monoisotopic (exact) mass is 230 g/mol. The van der Waals surface area contributed by atoms with Gasteiger partial charge in [-0.3, -0.25) is 0 Å². The van der Waals surface area contributed by atoms with E-state index in [2.05, 4.69) is 0 Å². The number of nitrogens with two attached hydrogens (primary N) is 1. The molecular weight excluding hydrogens is 220 g/mol. The summed E-state index contributed by atoms with van der Waals surface area (Å²) in [6.07, 6.45) is -1.39. The molecule has 0 atom stereocenters. The van der Waals surface area contributed by atoms with Crippen molar-refractivity contribution < 1.29 is 14.7 Å². The summed E-state index contributed by atoms with van der Waals surface area (Å²) in [5, 5.41) is 10.5. The Morgan fingerprint density at radius 1 is 1.06 bits per heavy atom. The number of anilines is 1. The molecule has 5 heteroatoms. The highest BCUT2D eigenvalue weighted by molar-refractivity contribution is 6.15. The fourth-order valence-electron chi connectivity index (χ4n) is 1.72. The smallest absolute Gasteiger partial charge is 0.420 e. The minimum Gasteiger partial charge on any atom is -0.464 e. The number of urea groups is 1. The van der Waals surface area contributed by atoms with Gasteiger partial charge in [-0.2, -0.15) is 4.90 Å². The molecule has 2 rings (SSSR count). The molecule has 86 valence electrons. The van der Waals surface area contributed by atoms with E-state index in [4.69, 9.17) is 10.8 Å². The molecule has 2 aromatic rings. The van der Waals surface area contributed by atoms with Crippen LogP contribution in [0, 0.1) is 0 Å². The second-order valence-electron chi connectivity index (χ2n) is 3.45. The van der Waals surface area contributed by atoms with E-state index in [1.165, 1.54) is 0 Å². The lowest BCUT2D eigenvalue weighted by Crippen LogP contribution is -2.39. The lowest BCUT2D eigenvalue weighted by molar-refractivity contribution is 0.201. The Kier molecular flexibility index (Phi) is 2.66. The maximum absolute atomic E-state index is 11.2. The van der Waals surface area contributed by atoms with Crippen LogP contribution >= 0.6 is 0 Å².